The lowest BCUT2D eigenvalue weighted by Gasteiger charge is -2.29. The van der Waals surface area contributed by atoms with Gasteiger partial charge < -0.3 is 9.64 Å². The highest BCUT2D eigenvalue weighted by atomic mass is 32.2. The highest BCUT2D eigenvalue weighted by molar-refractivity contribution is 7.98. The van der Waals surface area contributed by atoms with Gasteiger partial charge in [-0.1, -0.05) is 0 Å². The molecular formula is C16H23NO4S2. The summed E-state index contributed by atoms with van der Waals surface area (Å²) in [5.74, 6) is 0.691. The van der Waals surface area contributed by atoms with Crippen LogP contribution >= 0.6 is 11.8 Å². The van der Waals surface area contributed by atoms with Gasteiger partial charge >= 0.3 is 0 Å². The first-order valence-electron chi connectivity index (χ1n) is 7.68. The number of sulfone groups is 1. The van der Waals surface area contributed by atoms with E-state index in [1.807, 2.05) is 37.4 Å². The molecule has 1 aliphatic rings. The van der Waals surface area contributed by atoms with E-state index >= 15 is 0 Å². The predicted molar refractivity (Wildman–Crippen MR) is 92.8 cm³/mol. The van der Waals surface area contributed by atoms with Gasteiger partial charge in [-0.15, -0.1) is 11.8 Å². The fourth-order valence-corrected chi connectivity index (χ4v) is 4.90. The van der Waals surface area contributed by atoms with Crippen LogP contribution in [0.2, 0.25) is 0 Å². The lowest BCUT2D eigenvalue weighted by atomic mass is 10.2. The number of carbonyl (C=O) groups excluding carboxylic acids is 1. The molecule has 1 aromatic carbocycles. The first-order valence-corrected chi connectivity index (χ1v) is 10.7. The number of ether oxygens (including phenoxy) is 1. The first kappa shape index (κ1) is 18.1. The molecule has 0 unspecified atom stereocenters. The Hall–Kier alpha value is -1.21. The summed E-state index contributed by atoms with van der Waals surface area (Å²) >= 11 is 1.64. The van der Waals surface area contributed by atoms with E-state index in [2.05, 4.69) is 0 Å². The third kappa shape index (κ3) is 4.64. The van der Waals surface area contributed by atoms with E-state index in [1.165, 1.54) is 0 Å². The predicted octanol–water partition coefficient (Wildman–Crippen LogP) is 2.21. The normalized spacial score (nSPS) is 20.9. The minimum absolute atomic E-state index is 0.0573. The summed E-state index contributed by atoms with van der Waals surface area (Å²) in [5, 5.41) is 0. The zero-order valence-corrected chi connectivity index (χ0v) is 15.3. The SMILES string of the molecule is CCN(C(=O)[C@@H](C)Oc1ccc(SC)cc1)[C@H]1CCS(=O)(=O)C1. The molecule has 128 valence electrons. The van der Waals surface area contributed by atoms with E-state index in [0.29, 0.717) is 18.7 Å². The molecule has 2 rings (SSSR count). The van der Waals surface area contributed by atoms with Crippen LogP contribution in [-0.4, -0.2) is 55.7 Å². The van der Waals surface area contributed by atoms with Gasteiger partial charge in [-0.2, -0.15) is 0 Å². The Balaban J connectivity index is 2.01. The number of hydrogen-bond acceptors (Lipinski definition) is 5. The van der Waals surface area contributed by atoms with Crippen molar-refractivity contribution in [3.05, 3.63) is 24.3 Å². The molecule has 7 heteroatoms. The van der Waals surface area contributed by atoms with Crippen LogP contribution in [0.5, 0.6) is 5.75 Å². The monoisotopic (exact) mass is 357 g/mol. The van der Waals surface area contributed by atoms with Gasteiger partial charge in [-0.25, -0.2) is 8.42 Å². The quantitative estimate of drug-likeness (QED) is 0.731. The fourth-order valence-electron chi connectivity index (χ4n) is 2.76. The largest absolute Gasteiger partial charge is 0.481 e. The van der Waals surface area contributed by atoms with Gasteiger partial charge in [-0.3, -0.25) is 4.79 Å². The first-order chi connectivity index (χ1) is 10.9. The van der Waals surface area contributed by atoms with Gasteiger partial charge in [0.1, 0.15) is 5.75 Å². The van der Waals surface area contributed by atoms with Gasteiger partial charge in [-0.05, 0) is 50.8 Å². The molecule has 1 fully saturated rings. The fraction of sp³-hybridized carbons (Fsp3) is 0.562. The van der Waals surface area contributed by atoms with Gasteiger partial charge in [0.2, 0.25) is 0 Å². The average molecular weight is 357 g/mol. The Morgan fingerprint density at radius 3 is 2.52 bits per heavy atom. The second-order valence-corrected chi connectivity index (χ2v) is 8.73. The van der Waals surface area contributed by atoms with Crippen LogP contribution in [0.3, 0.4) is 0 Å². The van der Waals surface area contributed by atoms with Crippen molar-refractivity contribution in [3.63, 3.8) is 0 Å². The van der Waals surface area contributed by atoms with Crippen molar-refractivity contribution >= 4 is 27.5 Å². The Labute approximate surface area is 142 Å². The molecule has 0 bridgehead atoms. The Kier molecular flexibility index (Phi) is 5.97. The number of amides is 1. The van der Waals surface area contributed by atoms with Gasteiger partial charge in [0.05, 0.1) is 11.5 Å². The number of rotatable bonds is 6. The Morgan fingerprint density at radius 1 is 1.39 bits per heavy atom. The summed E-state index contributed by atoms with van der Waals surface area (Å²) in [6.07, 6.45) is 1.87. The van der Waals surface area contributed by atoms with Crippen LogP contribution in [-0.2, 0) is 14.6 Å². The second kappa shape index (κ2) is 7.57. The van der Waals surface area contributed by atoms with E-state index in [9.17, 15) is 13.2 Å². The molecular weight excluding hydrogens is 334 g/mol. The van der Waals surface area contributed by atoms with Crippen molar-refractivity contribution in [1.29, 1.82) is 0 Å². The third-order valence-corrected chi connectivity index (χ3v) is 6.49. The molecule has 0 radical (unpaired) electrons. The molecule has 1 saturated heterocycles. The van der Waals surface area contributed by atoms with Crippen molar-refractivity contribution in [2.24, 2.45) is 0 Å². The lowest BCUT2D eigenvalue weighted by molar-refractivity contribution is -0.139. The molecule has 0 saturated carbocycles. The highest BCUT2D eigenvalue weighted by Gasteiger charge is 2.35. The minimum Gasteiger partial charge on any atom is -0.481 e. The molecule has 0 spiro atoms. The molecule has 0 aliphatic carbocycles. The van der Waals surface area contributed by atoms with Crippen LogP contribution in [0.15, 0.2) is 29.2 Å². The maximum Gasteiger partial charge on any atom is 0.263 e. The number of likely N-dealkylation sites (N-methyl/N-ethyl adjacent to an activating group) is 1. The third-order valence-electron chi connectivity index (χ3n) is 3.99. The molecule has 1 aliphatic heterocycles. The zero-order chi connectivity index (χ0) is 17.0. The topological polar surface area (TPSA) is 63.7 Å². The molecule has 0 N–H and O–H groups in total. The summed E-state index contributed by atoms with van der Waals surface area (Å²) < 4.78 is 29.0. The van der Waals surface area contributed by atoms with E-state index in [-0.39, 0.29) is 23.5 Å². The molecule has 1 aromatic rings. The molecule has 23 heavy (non-hydrogen) atoms. The van der Waals surface area contributed by atoms with Gasteiger partial charge in [0, 0.05) is 17.5 Å². The zero-order valence-electron chi connectivity index (χ0n) is 13.7. The van der Waals surface area contributed by atoms with E-state index in [4.69, 9.17) is 4.74 Å². The number of nitrogens with zero attached hydrogens (tertiary/aromatic N) is 1. The minimum atomic E-state index is -3.01. The van der Waals surface area contributed by atoms with Crippen molar-refractivity contribution in [2.75, 3.05) is 24.3 Å². The van der Waals surface area contributed by atoms with Crippen LogP contribution in [0.1, 0.15) is 20.3 Å². The van der Waals surface area contributed by atoms with Crippen LogP contribution in [0, 0.1) is 0 Å². The van der Waals surface area contributed by atoms with Crippen LogP contribution in [0.4, 0.5) is 0 Å². The second-order valence-electron chi connectivity index (χ2n) is 5.62. The number of benzene rings is 1. The molecule has 1 amide bonds. The highest BCUT2D eigenvalue weighted by Crippen LogP contribution is 2.22. The van der Waals surface area contributed by atoms with Crippen LogP contribution in [0.25, 0.3) is 0 Å². The van der Waals surface area contributed by atoms with Crippen molar-refractivity contribution in [3.8, 4) is 5.75 Å². The number of hydrogen-bond donors (Lipinski definition) is 0. The van der Waals surface area contributed by atoms with Crippen LogP contribution < -0.4 is 4.74 Å². The Morgan fingerprint density at radius 2 is 2.04 bits per heavy atom. The molecule has 0 aromatic heterocycles. The van der Waals surface area contributed by atoms with E-state index in [1.54, 1.807) is 23.6 Å². The number of thioether (sulfide) groups is 1. The summed E-state index contributed by atoms with van der Waals surface area (Å²) in [4.78, 5) is 15.4. The summed E-state index contributed by atoms with van der Waals surface area (Å²) in [7, 11) is -3.01. The summed E-state index contributed by atoms with van der Waals surface area (Å²) in [6.45, 7) is 4.05. The van der Waals surface area contributed by atoms with Crippen molar-refractivity contribution in [2.45, 2.75) is 37.3 Å². The summed E-state index contributed by atoms with van der Waals surface area (Å²) in [6, 6.07) is 7.33. The number of carbonyl (C=O) groups is 1. The molecule has 1 heterocycles. The van der Waals surface area contributed by atoms with E-state index < -0.39 is 15.9 Å². The molecule has 5 nitrogen and oxygen atoms in total. The standard InChI is InChI=1S/C16H23NO4S2/c1-4-17(13-9-10-23(19,20)11-13)16(18)12(2)21-14-5-7-15(22-3)8-6-14/h5-8,12-13H,4,9-11H2,1-3H3/t12-,13+/m1/s1. The average Bonchev–Trinajstić information content (AvgIpc) is 2.88. The Bertz CT molecular complexity index is 643. The maximum absolute atomic E-state index is 12.6. The van der Waals surface area contributed by atoms with Gasteiger partial charge in [0.15, 0.2) is 15.9 Å². The van der Waals surface area contributed by atoms with E-state index in [0.717, 1.165) is 4.90 Å². The smallest absolute Gasteiger partial charge is 0.263 e. The molecule has 2 atom stereocenters. The summed E-state index contributed by atoms with van der Waals surface area (Å²) in [5.41, 5.74) is 0. The van der Waals surface area contributed by atoms with Crippen molar-refractivity contribution in [1.82, 2.24) is 4.90 Å². The van der Waals surface area contributed by atoms with Crippen molar-refractivity contribution < 1.29 is 17.9 Å². The lowest BCUT2D eigenvalue weighted by Crippen LogP contribution is -2.46. The van der Waals surface area contributed by atoms with Gasteiger partial charge in [0.25, 0.3) is 5.91 Å². The maximum atomic E-state index is 12.6.